The van der Waals surface area contributed by atoms with E-state index < -0.39 is 5.97 Å². The first-order valence-electron chi connectivity index (χ1n) is 6.34. The molecular formula is C12H18N2O4. The lowest BCUT2D eigenvalue weighted by molar-refractivity contribution is -0.143. The van der Waals surface area contributed by atoms with Crippen LogP contribution in [0.25, 0.3) is 0 Å². The van der Waals surface area contributed by atoms with E-state index in [1.807, 2.05) is 0 Å². The second-order valence-electron chi connectivity index (χ2n) is 4.70. The van der Waals surface area contributed by atoms with Crippen molar-refractivity contribution in [3.8, 4) is 0 Å². The molecule has 100 valence electrons. The first-order chi connectivity index (χ1) is 8.61. The summed E-state index contributed by atoms with van der Waals surface area (Å²) in [6, 6.07) is 0.348. The average Bonchev–Trinajstić information content (AvgIpc) is 3.10. The summed E-state index contributed by atoms with van der Waals surface area (Å²) in [6.45, 7) is 2.37. The number of nitrogens with zero attached hydrogens (tertiary/aromatic N) is 1. The Bertz CT molecular complexity index is 365. The minimum atomic E-state index is -0.450. The van der Waals surface area contributed by atoms with Crippen molar-refractivity contribution in [1.82, 2.24) is 10.2 Å². The summed E-state index contributed by atoms with van der Waals surface area (Å²) in [6.07, 6.45) is 2.34. The zero-order valence-corrected chi connectivity index (χ0v) is 10.5. The van der Waals surface area contributed by atoms with Gasteiger partial charge in [-0.25, -0.2) is 0 Å². The molecule has 1 heterocycles. The van der Waals surface area contributed by atoms with Crippen LogP contribution in [0.15, 0.2) is 0 Å². The molecule has 2 amide bonds. The van der Waals surface area contributed by atoms with Crippen LogP contribution in [0.2, 0.25) is 0 Å². The number of esters is 1. The maximum atomic E-state index is 11.8. The number of amides is 2. The lowest BCUT2D eigenvalue weighted by Gasteiger charge is -2.15. The van der Waals surface area contributed by atoms with E-state index in [9.17, 15) is 14.4 Å². The summed E-state index contributed by atoms with van der Waals surface area (Å²) in [5.41, 5.74) is 0. The SMILES string of the molecule is CCOC(=O)CNC(=O)C1CC(=O)N(C2CC2)C1. The topological polar surface area (TPSA) is 75.7 Å². The Kier molecular flexibility index (Phi) is 3.84. The molecule has 1 aliphatic carbocycles. The molecular weight excluding hydrogens is 236 g/mol. The molecule has 2 aliphatic rings. The van der Waals surface area contributed by atoms with E-state index in [1.165, 1.54) is 0 Å². The van der Waals surface area contributed by atoms with E-state index in [1.54, 1.807) is 11.8 Å². The molecule has 1 atom stereocenters. The lowest BCUT2D eigenvalue weighted by Crippen LogP contribution is -2.36. The highest BCUT2D eigenvalue weighted by molar-refractivity contribution is 5.90. The summed E-state index contributed by atoms with van der Waals surface area (Å²) in [5.74, 6) is -0.963. The Hall–Kier alpha value is -1.59. The second-order valence-corrected chi connectivity index (χ2v) is 4.70. The van der Waals surface area contributed by atoms with Gasteiger partial charge in [-0.15, -0.1) is 0 Å². The molecule has 0 bridgehead atoms. The van der Waals surface area contributed by atoms with Crippen molar-refractivity contribution in [2.45, 2.75) is 32.2 Å². The summed E-state index contributed by atoms with van der Waals surface area (Å²) in [4.78, 5) is 36.3. The van der Waals surface area contributed by atoms with Gasteiger partial charge in [-0.3, -0.25) is 14.4 Å². The Morgan fingerprint density at radius 1 is 1.44 bits per heavy atom. The summed E-state index contributed by atoms with van der Waals surface area (Å²) < 4.78 is 4.71. The molecule has 0 radical (unpaired) electrons. The van der Waals surface area contributed by atoms with Crippen LogP contribution in [0, 0.1) is 5.92 Å². The van der Waals surface area contributed by atoms with Crippen molar-refractivity contribution in [1.29, 1.82) is 0 Å². The molecule has 6 nitrogen and oxygen atoms in total. The van der Waals surface area contributed by atoms with Crippen molar-refractivity contribution < 1.29 is 19.1 Å². The number of hydrogen-bond donors (Lipinski definition) is 1. The number of ether oxygens (including phenoxy) is 1. The van der Waals surface area contributed by atoms with Crippen molar-refractivity contribution in [2.75, 3.05) is 19.7 Å². The molecule has 0 aromatic carbocycles. The number of nitrogens with one attached hydrogen (secondary N) is 1. The largest absolute Gasteiger partial charge is 0.465 e. The fourth-order valence-electron chi connectivity index (χ4n) is 2.16. The van der Waals surface area contributed by atoms with E-state index in [4.69, 9.17) is 4.74 Å². The Labute approximate surface area is 106 Å². The highest BCUT2D eigenvalue weighted by atomic mass is 16.5. The van der Waals surface area contributed by atoms with Crippen molar-refractivity contribution in [3.05, 3.63) is 0 Å². The Balaban J connectivity index is 1.76. The Morgan fingerprint density at radius 2 is 2.17 bits per heavy atom. The first-order valence-corrected chi connectivity index (χ1v) is 6.34. The summed E-state index contributed by atoms with van der Waals surface area (Å²) in [7, 11) is 0. The van der Waals surface area contributed by atoms with Crippen molar-refractivity contribution in [3.63, 3.8) is 0 Å². The summed E-state index contributed by atoms with van der Waals surface area (Å²) in [5, 5.41) is 2.52. The maximum absolute atomic E-state index is 11.8. The van der Waals surface area contributed by atoms with Gasteiger partial charge in [-0.1, -0.05) is 0 Å². The van der Waals surface area contributed by atoms with Gasteiger partial charge in [0.05, 0.1) is 12.5 Å². The van der Waals surface area contributed by atoms with Crippen LogP contribution in [0.1, 0.15) is 26.2 Å². The van der Waals surface area contributed by atoms with E-state index in [0.717, 1.165) is 12.8 Å². The minimum Gasteiger partial charge on any atom is -0.465 e. The van der Waals surface area contributed by atoms with Gasteiger partial charge in [0.1, 0.15) is 6.54 Å². The molecule has 2 fully saturated rings. The van der Waals surface area contributed by atoms with Crippen LogP contribution in [0.3, 0.4) is 0 Å². The fourth-order valence-corrected chi connectivity index (χ4v) is 2.16. The Morgan fingerprint density at radius 3 is 2.78 bits per heavy atom. The van der Waals surface area contributed by atoms with E-state index in [2.05, 4.69) is 5.32 Å². The zero-order valence-electron chi connectivity index (χ0n) is 10.5. The molecule has 0 spiro atoms. The van der Waals surface area contributed by atoms with E-state index in [-0.39, 0.29) is 30.7 Å². The minimum absolute atomic E-state index is 0.0498. The number of rotatable bonds is 5. The monoisotopic (exact) mass is 254 g/mol. The van der Waals surface area contributed by atoms with Crippen molar-refractivity contribution in [2.24, 2.45) is 5.92 Å². The number of carbonyl (C=O) groups excluding carboxylic acids is 3. The van der Waals surface area contributed by atoms with E-state index in [0.29, 0.717) is 19.2 Å². The molecule has 1 saturated heterocycles. The fraction of sp³-hybridized carbons (Fsp3) is 0.750. The van der Waals surface area contributed by atoms with Gasteiger partial charge < -0.3 is 15.0 Å². The highest BCUT2D eigenvalue weighted by Crippen LogP contribution is 2.32. The molecule has 0 aromatic rings. The number of carbonyl (C=O) groups is 3. The van der Waals surface area contributed by atoms with Crippen LogP contribution in [0.4, 0.5) is 0 Å². The molecule has 0 aromatic heterocycles. The molecule has 2 rings (SSSR count). The van der Waals surface area contributed by atoms with Crippen LogP contribution >= 0.6 is 0 Å². The maximum Gasteiger partial charge on any atom is 0.325 e. The average molecular weight is 254 g/mol. The number of hydrogen-bond acceptors (Lipinski definition) is 4. The summed E-state index contributed by atoms with van der Waals surface area (Å²) >= 11 is 0. The van der Waals surface area contributed by atoms with Gasteiger partial charge in [0.15, 0.2) is 0 Å². The predicted octanol–water partition coefficient (Wildman–Crippen LogP) is -0.323. The molecule has 1 saturated carbocycles. The number of likely N-dealkylation sites (tertiary alicyclic amines) is 1. The van der Waals surface area contributed by atoms with Crippen LogP contribution in [-0.4, -0.2) is 48.4 Å². The van der Waals surface area contributed by atoms with Gasteiger partial charge in [0, 0.05) is 19.0 Å². The van der Waals surface area contributed by atoms with Gasteiger partial charge >= 0.3 is 5.97 Å². The molecule has 18 heavy (non-hydrogen) atoms. The molecule has 1 aliphatic heterocycles. The van der Waals surface area contributed by atoms with Crippen LogP contribution in [-0.2, 0) is 19.1 Å². The molecule has 6 heteroatoms. The third-order valence-corrected chi connectivity index (χ3v) is 3.23. The molecule has 1 unspecified atom stereocenters. The van der Waals surface area contributed by atoms with Gasteiger partial charge in [-0.05, 0) is 19.8 Å². The van der Waals surface area contributed by atoms with Crippen LogP contribution in [0.5, 0.6) is 0 Å². The standard InChI is InChI=1S/C12H18N2O4/c1-2-18-11(16)6-13-12(17)8-5-10(15)14(7-8)9-3-4-9/h8-9H,2-7H2,1H3,(H,13,17). The van der Waals surface area contributed by atoms with E-state index >= 15 is 0 Å². The lowest BCUT2D eigenvalue weighted by atomic mass is 10.1. The predicted molar refractivity (Wildman–Crippen MR) is 62.5 cm³/mol. The van der Waals surface area contributed by atoms with Gasteiger partial charge in [0.2, 0.25) is 11.8 Å². The third kappa shape index (κ3) is 3.00. The third-order valence-electron chi connectivity index (χ3n) is 3.23. The quantitative estimate of drug-likeness (QED) is 0.682. The smallest absolute Gasteiger partial charge is 0.325 e. The first kappa shape index (κ1) is 12.9. The highest BCUT2D eigenvalue weighted by Gasteiger charge is 2.41. The van der Waals surface area contributed by atoms with Gasteiger partial charge in [-0.2, -0.15) is 0 Å². The normalized spacial score (nSPS) is 23.1. The molecule has 1 N–H and O–H groups in total. The zero-order chi connectivity index (χ0) is 13.1. The second kappa shape index (κ2) is 5.37. The van der Waals surface area contributed by atoms with Crippen molar-refractivity contribution >= 4 is 17.8 Å². The van der Waals surface area contributed by atoms with Crippen LogP contribution < -0.4 is 5.32 Å². The van der Waals surface area contributed by atoms with Gasteiger partial charge in [0.25, 0.3) is 0 Å².